The van der Waals surface area contributed by atoms with Gasteiger partial charge in [0, 0.05) is 18.3 Å². The van der Waals surface area contributed by atoms with E-state index in [1.165, 1.54) is 4.90 Å². The highest BCUT2D eigenvalue weighted by molar-refractivity contribution is 6.21. The maximum absolute atomic E-state index is 12.7. The first-order valence-electron chi connectivity index (χ1n) is 9.40. The summed E-state index contributed by atoms with van der Waals surface area (Å²) in [7, 11) is 0. The van der Waals surface area contributed by atoms with Crippen LogP contribution in [0.2, 0.25) is 0 Å². The quantitative estimate of drug-likeness (QED) is 0.727. The van der Waals surface area contributed by atoms with Crippen LogP contribution in [0.15, 0.2) is 24.3 Å². The Morgan fingerprint density at radius 2 is 1.62 bits per heavy atom. The maximum Gasteiger partial charge on any atom is 0.237 e. The maximum atomic E-state index is 12.7. The van der Waals surface area contributed by atoms with E-state index in [-0.39, 0.29) is 40.8 Å². The minimum Gasteiger partial charge on any atom is -0.299 e. The van der Waals surface area contributed by atoms with Gasteiger partial charge in [-0.1, -0.05) is 53.7 Å². The van der Waals surface area contributed by atoms with Crippen LogP contribution in [0, 0.1) is 16.7 Å². The van der Waals surface area contributed by atoms with E-state index in [0.717, 1.165) is 18.4 Å². The van der Waals surface area contributed by atoms with E-state index in [1.54, 1.807) is 0 Å². The summed E-state index contributed by atoms with van der Waals surface area (Å²) in [5.74, 6) is -0.224. The summed E-state index contributed by atoms with van der Waals surface area (Å²) in [5, 5.41) is 0. The first kappa shape index (κ1) is 20.3. The summed E-state index contributed by atoms with van der Waals surface area (Å²) < 4.78 is 0. The molecule has 1 aromatic carbocycles. The number of hydrogen-bond acceptors (Lipinski definition) is 3. The Labute approximate surface area is 157 Å². The standard InChI is InChI=1S/C22H31NO3/c1-21(2,3)17-14-19(25)23(20(17)26)16-12-10-15(11-13-16)8-7-9-18(24)22(4,5)6/h10-13,17H,7-9,14H2,1-6H3. The molecule has 0 bridgehead atoms. The Hall–Kier alpha value is -1.97. The molecule has 0 saturated carbocycles. The number of anilines is 1. The van der Waals surface area contributed by atoms with Crippen molar-refractivity contribution in [3.8, 4) is 0 Å². The molecular formula is C22H31NO3. The van der Waals surface area contributed by atoms with E-state index >= 15 is 0 Å². The number of rotatable bonds is 5. The SMILES string of the molecule is CC(C)(C)C(=O)CCCc1ccc(N2C(=O)CC(C(C)(C)C)C2=O)cc1. The van der Waals surface area contributed by atoms with Crippen molar-refractivity contribution in [2.24, 2.45) is 16.7 Å². The van der Waals surface area contributed by atoms with Crippen LogP contribution in [0.1, 0.15) is 66.4 Å². The summed E-state index contributed by atoms with van der Waals surface area (Å²) in [6, 6.07) is 7.56. The van der Waals surface area contributed by atoms with E-state index < -0.39 is 0 Å². The predicted molar refractivity (Wildman–Crippen MR) is 104 cm³/mol. The van der Waals surface area contributed by atoms with Crippen LogP contribution in [0.3, 0.4) is 0 Å². The summed E-state index contributed by atoms with van der Waals surface area (Å²) in [4.78, 5) is 38.3. The molecule has 2 rings (SSSR count). The molecule has 1 aromatic rings. The third-order valence-corrected chi connectivity index (χ3v) is 5.09. The Morgan fingerprint density at radius 1 is 1.04 bits per heavy atom. The zero-order valence-corrected chi connectivity index (χ0v) is 16.9. The minimum absolute atomic E-state index is 0.106. The largest absolute Gasteiger partial charge is 0.299 e. The molecule has 1 unspecified atom stereocenters. The first-order valence-corrected chi connectivity index (χ1v) is 9.40. The molecule has 1 heterocycles. The number of benzene rings is 1. The van der Waals surface area contributed by atoms with E-state index in [9.17, 15) is 14.4 Å². The first-order chi connectivity index (χ1) is 11.9. The second-order valence-corrected chi connectivity index (χ2v) is 9.38. The lowest BCUT2D eigenvalue weighted by Crippen LogP contribution is -2.33. The third-order valence-electron chi connectivity index (χ3n) is 5.09. The van der Waals surface area contributed by atoms with Crippen LogP contribution in [0.5, 0.6) is 0 Å². The van der Waals surface area contributed by atoms with Crippen molar-refractivity contribution >= 4 is 23.3 Å². The van der Waals surface area contributed by atoms with Crippen LogP contribution in [-0.2, 0) is 20.8 Å². The van der Waals surface area contributed by atoms with Crippen molar-refractivity contribution in [1.82, 2.24) is 0 Å². The van der Waals surface area contributed by atoms with Crippen molar-refractivity contribution in [2.45, 2.75) is 67.2 Å². The number of hydrogen-bond donors (Lipinski definition) is 0. The van der Waals surface area contributed by atoms with Gasteiger partial charge < -0.3 is 0 Å². The number of carbonyl (C=O) groups is 3. The van der Waals surface area contributed by atoms with E-state index in [0.29, 0.717) is 12.1 Å². The van der Waals surface area contributed by atoms with Gasteiger partial charge in [-0.05, 0) is 36.0 Å². The average molecular weight is 357 g/mol. The molecule has 0 aliphatic carbocycles. The van der Waals surface area contributed by atoms with Crippen LogP contribution < -0.4 is 4.90 Å². The fourth-order valence-corrected chi connectivity index (χ4v) is 3.22. The fraction of sp³-hybridized carbons (Fsp3) is 0.591. The fourth-order valence-electron chi connectivity index (χ4n) is 3.22. The van der Waals surface area contributed by atoms with Crippen molar-refractivity contribution in [1.29, 1.82) is 0 Å². The molecule has 1 saturated heterocycles. The predicted octanol–water partition coefficient (Wildman–Crippen LogP) is 4.55. The van der Waals surface area contributed by atoms with Crippen molar-refractivity contribution < 1.29 is 14.4 Å². The van der Waals surface area contributed by atoms with E-state index in [1.807, 2.05) is 65.8 Å². The summed E-state index contributed by atoms with van der Waals surface area (Å²) in [5.41, 5.74) is 1.24. The van der Waals surface area contributed by atoms with Crippen molar-refractivity contribution in [3.05, 3.63) is 29.8 Å². The molecule has 142 valence electrons. The molecule has 1 aliphatic rings. The molecule has 0 radical (unpaired) electrons. The number of carbonyl (C=O) groups excluding carboxylic acids is 3. The second-order valence-electron chi connectivity index (χ2n) is 9.38. The summed E-state index contributed by atoms with van der Waals surface area (Å²) in [6.45, 7) is 11.8. The normalized spacial score (nSPS) is 18.5. The van der Waals surface area contributed by atoms with Crippen LogP contribution in [0.4, 0.5) is 5.69 Å². The smallest absolute Gasteiger partial charge is 0.237 e. The van der Waals surface area contributed by atoms with Gasteiger partial charge in [0.25, 0.3) is 0 Å². The zero-order valence-electron chi connectivity index (χ0n) is 16.9. The topological polar surface area (TPSA) is 54.5 Å². The number of amides is 2. The highest BCUT2D eigenvalue weighted by Gasteiger charge is 2.45. The zero-order chi connectivity index (χ0) is 19.7. The van der Waals surface area contributed by atoms with E-state index in [2.05, 4.69) is 0 Å². The van der Waals surface area contributed by atoms with Gasteiger partial charge in [0.1, 0.15) is 5.78 Å². The highest BCUT2D eigenvalue weighted by Crippen LogP contribution is 2.37. The molecule has 1 aliphatic heterocycles. The summed E-state index contributed by atoms with van der Waals surface area (Å²) >= 11 is 0. The monoisotopic (exact) mass is 357 g/mol. The summed E-state index contributed by atoms with van der Waals surface area (Å²) in [6.07, 6.45) is 2.47. The number of aryl methyl sites for hydroxylation is 1. The Balaban J connectivity index is 2.00. The third kappa shape index (κ3) is 4.60. The number of nitrogens with zero attached hydrogens (tertiary/aromatic N) is 1. The lowest BCUT2D eigenvalue weighted by atomic mass is 9.80. The van der Waals surface area contributed by atoms with Crippen LogP contribution in [0.25, 0.3) is 0 Å². The number of ketones is 1. The van der Waals surface area contributed by atoms with Crippen molar-refractivity contribution in [2.75, 3.05) is 4.90 Å². The van der Waals surface area contributed by atoms with Crippen LogP contribution >= 0.6 is 0 Å². The molecule has 0 aromatic heterocycles. The van der Waals surface area contributed by atoms with Crippen molar-refractivity contribution in [3.63, 3.8) is 0 Å². The molecule has 4 nitrogen and oxygen atoms in total. The van der Waals surface area contributed by atoms with Gasteiger partial charge in [-0.2, -0.15) is 0 Å². The van der Waals surface area contributed by atoms with Gasteiger partial charge in [0.05, 0.1) is 11.6 Å². The van der Waals surface area contributed by atoms with Gasteiger partial charge >= 0.3 is 0 Å². The lowest BCUT2D eigenvalue weighted by molar-refractivity contribution is -0.126. The van der Waals surface area contributed by atoms with Gasteiger partial charge in [-0.3, -0.25) is 19.3 Å². The van der Waals surface area contributed by atoms with Gasteiger partial charge in [-0.25, -0.2) is 0 Å². The molecule has 1 atom stereocenters. The number of imide groups is 1. The molecule has 0 spiro atoms. The van der Waals surface area contributed by atoms with E-state index in [4.69, 9.17) is 0 Å². The molecule has 4 heteroatoms. The molecule has 26 heavy (non-hydrogen) atoms. The molecule has 2 amide bonds. The van der Waals surface area contributed by atoms with Gasteiger partial charge in [-0.15, -0.1) is 0 Å². The highest BCUT2D eigenvalue weighted by atomic mass is 16.2. The minimum atomic E-state index is -0.288. The lowest BCUT2D eigenvalue weighted by Gasteiger charge is -2.24. The Kier molecular flexibility index (Phi) is 5.74. The molecule has 0 N–H and O–H groups in total. The average Bonchev–Trinajstić information content (AvgIpc) is 2.82. The second kappa shape index (κ2) is 7.34. The Morgan fingerprint density at radius 3 is 2.08 bits per heavy atom. The molecule has 1 fully saturated rings. The Bertz CT molecular complexity index is 690. The molecular weight excluding hydrogens is 326 g/mol. The number of Topliss-reactive ketones (excluding diaryl/α,β-unsaturated/α-hetero) is 1. The van der Waals surface area contributed by atoms with Gasteiger partial charge in [0.15, 0.2) is 0 Å². The van der Waals surface area contributed by atoms with Gasteiger partial charge in [0.2, 0.25) is 11.8 Å². The van der Waals surface area contributed by atoms with Crippen LogP contribution in [-0.4, -0.2) is 17.6 Å².